The molecular formula is C12H20N2O2. The zero-order chi connectivity index (χ0) is 11.8. The Hall–Kier alpha value is -1.13. The number of nitrogens with zero attached hydrogens (tertiary/aromatic N) is 1. The van der Waals surface area contributed by atoms with Gasteiger partial charge in [0.1, 0.15) is 5.75 Å². The summed E-state index contributed by atoms with van der Waals surface area (Å²) in [6, 6.07) is 3.44. The van der Waals surface area contributed by atoms with Gasteiger partial charge in [0, 0.05) is 19.7 Å². The Morgan fingerprint density at radius 2 is 2.25 bits per heavy atom. The van der Waals surface area contributed by atoms with Crippen molar-refractivity contribution in [3.8, 4) is 5.75 Å². The van der Waals surface area contributed by atoms with Gasteiger partial charge in [0.15, 0.2) is 0 Å². The lowest BCUT2D eigenvalue weighted by Crippen LogP contribution is -2.20. The summed E-state index contributed by atoms with van der Waals surface area (Å²) in [5.41, 5.74) is 0.918. The Morgan fingerprint density at radius 3 is 2.88 bits per heavy atom. The van der Waals surface area contributed by atoms with Gasteiger partial charge in [-0.1, -0.05) is 13.8 Å². The van der Waals surface area contributed by atoms with E-state index in [1.165, 1.54) is 6.20 Å². The van der Waals surface area contributed by atoms with Crippen molar-refractivity contribution in [1.29, 1.82) is 0 Å². The van der Waals surface area contributed by atoms with Gasteiger partial charge < -0.3 is 15.2 Å². The van der Waals surface area contributed by atoms with Gasteiger partial charge in [-0.3, -0.25) is 4.98 Å². The van der Waals surface area contributed by atoms with Crippen molar-refractivity contribution in [3.63, 3.8) is 0 Å². The molecule has 4 heteroatoms. The van der Waals surface area contributed by atoms with Crippen LogP contribution >= 0.6 is 0 Å². The monoisotopic (exact) mass is 224 g/mol. The number of hydrogen-bond acceptors (Lipinski definition) is 4. The zero-order valence-electron chi connectivity index (χ0n) is 9.94. The molecule has 0 atom stereocenters. The third kappa shape index (κ3) is 5.68. The molecule has 0 amide bonds. The Labute approximate surface area is 96.7 Å². The van der Waals surface area contributed by atoms with Gasteiger partial charge in [0.05, 0.1) is 18.5 Å². The Kier molecular flexibility index (Phi) is 5.82. The first-order valence-electron chi connectivity index (χ1n) is 5.61. The van der Waals surface area contributed by atoms with E-state index >= 15 is 0 Å². The second-order valence-corrected chi connectivity index (χ2v) is 4.15. The van der Waals surface area contributed by atoms with E-state index in [4.69, 9.17) is 9.84 Å². The van der Waals surface area contributed by atoms with E-state index < -0.39 is 0 Å². The van der Waals surface area contributed by atoms with E-state index in [0.29, 0.717) is 12.5 Å². The second-order valence-electron chi connectivity index (χ2n) is 4.15. The lowest BCUT2D eigenvalue weighted by molar-refractivity contribution is 0.111. The van der Waals surface area contributed by atoms with Gasteiger partial charge in [-0.05, 0) is 18.1 Å². The largest absolute Gasteiger partial charge is 0.506 e. The quantitative estimate of drug-likeness (QED) is 0.690. The van der Waals surface area contributed by atoms with E-state index in [-0.39, 0.29) is 5.75 Å². The first-order chi connectivity index (χ1) is 7.68. The summed E-state index contributed by atoms with van der Waals surface area (Å²) in [5.74, 6) is 0.780. The first kappa shape index (κ1) is 12.9. The first-order valence-corrected chi connectivity index (χ1v) is 5.61. The molecule has 0 spiro atoms. The van der Waals surface area contributed by atoms with Crippen LogP contribution in [-0.2, 0) is 11.3 Å². The molecule has 1 rings (SSSR count). The number of hydrogen-bond donors (Lipinski definition) is 2. The molecule has 0 fully saturated rings. The van der Waals surface area contributed by atoms with Crippen molar-refractivity contribution in [2.75, 3.05) is 19.8 Å². The Morgan fingerprint density at radius 1 is 1.44 bits per heavy atom. The topological polar surface area (TPSA) is 54.4 Å². The highest BCUT2D eigenvalue weighted by atomic mass is 16.5. The minimum atomic E-state index is 0.198. The van der Waals surface area contributed by atoms with Crippen LogP contribution in [0.25, 0.3) is 0 Å². The molecule has 2 N–H and O–H groups in total. The van der Waals surface area contributed by atoms with Gasteiger partial charge in [-0.15, -0.1) is 0 Å². The van der Waals surface area contributed by atoms with E-state index in [2.05, 4.69) is 24.1 Å². The highest BCUT2D eigenvalue weighted by molar-refractivity contribution is 5.17. The molecule has 1 aromatic rings. The lowest BCUT2D eigenvalue weighted by Gasteiger charge is -2.07. The summed E-state index contributed by atoms with van der Waals surface area (Å²) in [7, 11) is 0. The highest BCUT2D eigenvalue weighted by Gasteiger charge is 1.96. The third-order valence-corrected chi connectivity index (χ3v) is 1.99. The number of aromatic hydroxyl groups is 1. The van der Waals surface area contributed by atoms with E-state index in [1.807, 2.05) is 0 Å². The summed E-state index contributed by atoms with van der Waals surface area (Å²) in [5, 5.41) is 12.3. The van der Waals surface area contributed by atoms with Crippen LogP contribution in [-0.4, -0.2) is 29.8 Å². The molecule has 0 aliphatic rings. The van der Waals surface area contributed by atoms with Crippen LogP contribution < -0.4 is 5.32 Å². The van der Waals surface area contributed by atoms with E-state index in [1.54, 1.807) is 12.1 Å². The van der Waals surface area contributed by atoms with Crippen molar-refractivity contribution in [2.24, 2.45) is 5.92 Å². The SMILES string of the molecule is CC(C)COCCNCc1ccc(O)cn1. The van der Waals surface area contributed by atoms with Crippen LogP contribution in [0.15, 0.2) is 18.3 Å². The van der Waals surface area contributed by atoms with Crippen molar-refractivity contribution >= 4 is 0 Å². The average molecular weight is 224 g/mol. The van der Waals surface area contributed by atoms with Gasteiger partial charge in [-0.2, -0.15) is 0 Å². The summed E-state index contributed by atoms with van der Waals surface area (Å²) < 4.78 is 5.43. The predicted octanol–water partition coefficient (Wildman–Crippen LogP) is 1.55. The summed E-state index contributed by atoms with van der Waals surface area (Å²) in [6.45, 7) is 7.30. The fourth-order valence-corrected chi connectivity index (χ4v) is 1.20. The molecule has 0 unspecified atom stereocenters. The number of ether oxygens (including phenoxy) is 1. The maximum absolute atomic E-state index is 9.05. The molecule has 0 radical (unpaired) electrons. The number of rotatable bonds is 7. The van der Waals surface area contributed by atoms with E-state index in [9.17, 15) is 0 Å². The van der Waals surface area contributed by atoms with Gasteiger partial charge in [-0.25, -0.2) is 0 Å². The minimum absolute atomic E-state index is 0.198. The maximum atomic E-state index is 9.05. The van der Waals surface area contributed by atoms with Crippen LogP contribution in [0, 0.1) is 5.92 Å². The van der Waals surface area contributed by atoms with Gasteiger partial charge in [0.2, 0.25) is 0 Å². The molecule has 0 aliphatic carbocycles. The molecule has 0 saturated carbocycles. The highest BCUT2D eigenvalue weighted by Crippen LogP contribution is 2.05. The molecule has 0 saturated heterocycles. The van der Waals surface area contributed by atoms with Crippen LogP contribution in [0.5, 0.6) is 5.75 Å². The summed E-state index contributed by atoms with van der Waals surface area (Å²) in [6.07, 6.45) is 1.45. The summed E-state index contributed by atoms with van der Waals surface area (Å²) in [4.78, 5) is 4.07. The molecule has 0 bridgehead atoms. The molecule has 0 aliphatic heterocycles. The smallest absolute Gasteiger partial charge is 0.133 e. The normalized spacial score (nSPS) is 10.9. The minimum Gasteiger partial charge on any atom is -0.506 e. The Balaban J connectivity index is 2.05. The molecule has 4 nitrogen and oxygen atoms in total. The molecule has 0 aromatic carbocycles. The molecule has 90 valence electrons. The van der Waals surface area contributed by atoms with Crippen molar-refractivity contribution in [2.45, 2.75) is 20.4 Å². The lowest BCUT2D eigenvalue weighted by atomic mass is 10.2. The molecular weight excluding hydrogens is 204 g/mol. The van der Waals surface area contributed by atoms with Gasteiger partial charge in [0.25, 0.3) is 0 Å². The summed E-state index contributed by atoms with van der Waals surface area (Å²) >= 11 is 0. The van der Waals surface area contributed by atoms with E-state index in [0.717, 1.165) is 25.5 Å². The fraction of sp³-hybridized carbons (Fsp3) is 0.583. The maximum Gasteiger partial charge on any atom is 0.133 e. The molecule has 16 heavy (non-hydrogen) atoms. The van der Waals surface area contributed by atoms with Crippen molar-refractivity contribution < 1.29 is 9.84 Å². The van der Waals surface area contributed by atoms with Crippen LogP contribution in [0.2, 0.25) is 0 Å². The fourth-order valence-electron chi connectivity index (χ4n) is 1.20. The number of aromatic nitrogens is 1. The molecule has 1 heterocycles. The Bertz CT molecular complexity index is 286. The van der Waals surface area contributed by atoms with Crippen LogP contribution in [0.3, 0.4) is 0 Å². The number of nitrogens with one attached hydrogen (secondary N) is 1. The van der Waals surface area contributed by atoms with Crippen molar-refractivity contribution in [3.05, 3.63) is 24.0 Å². The third-order valence-electron chi connectivity index (χ3n) is 1.99. The number of pyridine rings is 1. The molecule has 1 aromatic heterocycles. The zero-order valence-corrected chi connectivity index (χ0v) is 9.94. The second kappa shape index (κ2) is 7.19. The van der Waals surface area contributed by atoms with Crippen LogP contribution in [0.4, 0.5) is 0 Å². The average Bonchev–Trinajstić information content (AvgIpc) is 2.25. The van der Waals surface area contributed by atoms with Gasteiger partial charge >= 0.3 is 0 Å². The predicted molar refractivity (Wildman–Crippen MR) is 63.3 cm³/mol. The van der Waals surface area contributed by atoms with Crippen LogP contribution in [0.1, 0.15) is 19.5 Å². The van der Waals surface area contributed by atoms with Crippen molar-refractivity contribution in [1.82, 2.24) is 10.3 Å². The standard InChI is InChI=1S/C12H20N2O2/c1-10(2)9-16-6-5-13-7-11-3-4-12(15)8-14-11/h3-4,8,10,13,15H,5-7,9H2,1-2H3.